The van der Waals surface area contributed by atoms with Gasteiger partial charge in [0.1, 0.15) is 30.5 Å². The number of carbonyl (C=O) groups excluding carboxylic acids is 2. The molecule has 0 unspecified atom stereocenters. The van der Waals surface area contributed by atoms with Crippen molar-refractivity contribution in [2.45, 2.75) is 6.61 Å². The quantitative estimate of drug-likeness (QED) is 0.140. The van der Waals surface area contributed by atoms with Crippen LogP contribution >= 0.6 is 43.6 Å². The Labute approximate surface area is 231 Å². The molecule has 3 aromatic rings. The first-order valence-electron chi connectivity index (χ1n) is 10.7. The zero-order valence-corrected chi connectivity index (χ0v) is 22.8. The SMILES string of the molecule is O=C1S/C(=C\c2cc(Br)c(OCc3ccc([N+](=O)[O-])cc3)c(Br)c2)C(=O)N1CCOc1ccc(F)cc1. The number of thioether (sulfide) groups is 1. The lowest BCUT2D eigenvalue weighted by molar-refractivity contribution is -0.384. The molecule has 0 spiro atoms. The Balaban J connectivity index is 1.39. The average molecular weight is 652 g/mol. The van der Waals surface area contributed by atoms with Gasteiger partial charge in [-0.25, -0.2) is 4.39 Å². The second kappa shape index (κ2) is 11.9. The molecule has 0 aromatic heterocycles. The van der Waals surface area contributed by atoms with Crippen LogP contribution in [0, 0.1) is 15.9 Å². The minimum absolute atomic E-state index is 0.000262. The number of hydrogen-bond acceptors (Lipinski definition) is 7. The van der Waals surface area contributed by atoms with Gasteiger partial charge in [-0.05, 0) is 109 Å². The van der Waals surface area contributed by atoms with E-state index in [0.29, 0.717) is 26.0 Å². The van der Waals surface area contributed by atoms with Crippen molar-refractivity contribution in [3.05, 3.63) is 102 Å². The fourth-order valence-corrected chi connectivity index (χ4v) is 5.62. The summed E-state index contributed by atoms with van der Waals surface area (Å²) in [5.74, 6) is 0.144. The second-order valence-corrected chi connectivity index (χ2v) is 10.4. The molecule has 1 saturated heterocycles. The minimum atomic E-state index is -0.465. The van der Waals surface area contributed by atoms with Crippen molar-refractivity contribution in [1.82, 2.24) is 4.90 Å². The Bertz CT molecular complexity index is 1360. The number of rotatable bonds is 9. The summed E-state index contributed by atoms with van der Waals surface area (Å²) in [4.78, 5) is 36.9. The predicted octanol–water partition coefficient (Wildman–Crippen LogP) is 6.95. The molecule has 0 atom stereocenters. The van der Waals surface area contributed by atoms with Gasteiger partial charge in [-0.15, -0.1) is 0 Å². The van der Waals surface area contributed by atoms with E-state index in [9.17, 15) is 24.1 Å². The maximum atomic E-state index is 13.0. The van der Waals surface area contributed by atoms with Crippen LogP contribution in [0.5, 0.6) is 11.5 Å². The van der Waals surface area contributed by atoms with E-state index in [2.05, 4.69) is 31.9 Å². The third-order valence-electron chi connectivity index (χ3n) is 5.12. The van der Waals surface area contributed by atoms with Gasteiger partial charge in [-0.1, -0.05) is 0 Å². The van der Waals surface area contributed by atoms with Crippen LogP contribution in [0.1, 0.15) is 11.1 Å². The third-order valence-corrected chi connectivity index (χ3v) is 7.21. The number of hydrogen-bond donors (Lipinski definition) is 0. The average Bonchev–Trinajstić information content (AvgIpc) is 3.12. The largest absolute Gasteiger partial charge is 0.492 e. The smallest absolute Gasteiger partial charge is 0.293 e. The monoisotopic (exact) mass is 650 g/mol. The highest BCUT2D eigenvalue weighted by molar-refractivity contribution is 9.11. The number of nitrogens with zero attached hydrogens (tertiary/aromatic N) is 2. The zero-order chi connectivity index (χ0) is 26.5. The number of non-ortho nitro benzene ring substituents is 1. The fourth-order valence-electron chi connectivity index (χ4n) is 3.30. The van der Waals surface area contributed by atoms with Crippen molar-refractivity contribution in [2.24, 2.45) is 0 Å². The van der Waals surface area contributed by atoms with Gasteiger partial charge in [-0.3, -0.25) is 24.6 Å². The summed E-state index contributed by atoms with van der Waals surface area (Å²) in [5.41, 5.74) is 1.42. The topological polar surface area (TPSA) is 99.0 Å². The Morgan fingerprint density at radius 3 is 2.27 bits per heavy atom. The van der Waals surface area contributed by atoms with Gasteiger partial charge < -0.3 is 9.47 Å². The molecule has 0 saturated carbocycles. The Morgan fingerprint density at radius 2 is 1.65 bits per heavy atom. The van der Waals surface area contributed by atoms with E-state index >= 15 is 0 Å². The van der Waals surface area contributed by atoms with Crippen LogP contribution in [0.4, 0.5) is 14.9 Å². The van der Waals surface area contributed by atoms with Crippen LogP contribution in [0.3, 0.4) is 0 Å². The fraction of sp³-hybridized carbons (Fsp3) is 0.120. The molecule has 190 valence electrons. The Hall–Kier alpha value is -3.22. The lowest BCUT2D eigenvalue weighted by atomic mass is 10.2. The summed E-state index contributed by atoms with van der Waals surface area (Å²) in [5, 5.41) is 10.4. The van der Waals surface area contributed by atoms with E-state index in [-0.39, 0.29) is 36.2 Å². The number of nitro benzene ring substituents is 1. The molecule has 0 N–H and O–H groups in total. The van der Waals surface area contributed by atoms with Gasteiger partial charge in [0.15, 0.2) is 0 Å². The molecule has 0 radical (unpaired) electrons. The van der Waals surface area contributed by atoms with Crippen LogP contribution < -0.4 is 9.47 Å². The van der Waals surface area contributed by atoms with Crippen LogP contribution in [-0.4, -0.2) is 34.1 Å². The molecule has 12 heteroatoms. The van der Waals surface area contributed by atoms with E-state index in [1.807, 2.05) is 0 Å². The molecular formula is C25H17Br2FN2O6S. The van der Waals surface area contributed by atoms with E-state index < -0.39 is 16.1 Å². The number of amides is 2. The molecule has 4 rings (SSSR count). The third kappa shape index (κ3) is 6.76. The first kappa shape index (κ1) is 26.8. The number of benzene rings is 3. The molecule has 1 aliphatic rings. The van der Waals surface area contributed by atoms with Gasteiger partial charge in [0.05, 0.1) is 25.3 Å². The normalized spacial score (nSPS) is 14.4. The van der Waals surface area contributed by atoms with Crippen molar-refractivity contribution < 1.29 is 28.4 Å². The first-order chi connectivity index (χ1) is 17.7. The Morgan fingerprint density at radius 1 is 1.00 bits per heavy atom. The van der Waals surface area contributed by atoms with E-state index in [0.717, 1.165) is 22.2 Å². The predicted molar refractivity (Wildman–Crippen MR) is 144 cm³/mol. The molecule has 1 heterocycles. The van der Waals surface area contributed by atoms with Gasteiger partial charge in [0.25, 0.3) is 16.8 Å². The lowest BCUT2D eigenvalue weighted by Crippen LogP contribution is -2.32. The highest BCUT2D eigenvalue weighted by Gasteiger charge is 2.34. The van der Waals surface area contributed by atoms with Gasteiger partial charge in [0.2, 0.25) is 0 Å². The maximum Gasteiger partial charge on any atom is 0.293 e. The van der Waals surface area contributed by atoms with Crippen molar-refractivity contribution in [2.75, 3.05) is 13.2 Å². The van der Waals surface area contributed by atoms with E-state index in [1.54, 1.807) is 30.3 Å². The van der Waals surface area contributed by atoms with Crippen molar-refractivity contribution in [3.63, 3.8) is 0 Å². The van der Waals surface area contributed by atoms with Gasteiger partial charge in [-0.2, -0.15) is 0 Å². The van der Waals surface area contributed by atoms with Crippen LogP contribution in [0.25, 0.3) is 6.08 Å². The highest BCUT2D eigenvalue weighted by Crippen LogP contribution is 2.38. The number of ether oxygens (including phenoxy) is 2. The molecule has 0 bridgehead atoms. The summed E-state index contributed by atoms with van der Waals surface area (Å²) in [6, 6.07) is 15.0. The summed E-state index contributed by atoms with van der Waals surface area (Å²) >= 11 is 7.77. The van der Waals surface area contributed by atoms with E-state index in [4.69, 9.17) is 9.47 Å². The molecule has 8 nitrogen and oxygen atoms in total. The molecule has 2 amide bonds. The molecule has 1 fully saturated rings. The van der Waals surface area contributed by atoms with Gasteiger partial charge >= 0.3 is 0 Å². The highest BCUT2D eigenvalue weighted by atomic mass is 79.9. The van der Waals surface area contributed by atoms with Crippen LogP contribution in [0.15, 0.2) is 74.5 Å². The van der Waals surface area contributed by atoms with Crippen LogP contribution in [0.2, 0.25) is 0 Å². The molecule has 37 heavy (non-hydrogen) atoms. The van der Waals surface area contributed by atoms with Crippen molar-refractivity contribution in [3.8, 4) is 11.5 Å². The summed E-state index contributed by atoms with van der Waals surface area (Å²) in [7, 11) is 0. The van der Waals surface area contributed by atoms with E-state index in [1.165, 1.54) is 36.4 Å². The minimum Gasteiger partial charge on any atom is -0.492 e. The summed E-state index contributed by atoms with van der Waals surface area (Å²) in [6.45, 7) is 0.324. The number of halogens is 3. The van der Waals surface area contributed by atoms with Crippen LogP contribution in [-0.2, 0) is 11.4 Å². The molecule has 1 aliphatic heterocycles. The standard InChI is InChI=1S/C25H17Br2FN2O6S/c26-20-11-16(12-21(27)23(20)36-14-15-1-5-18(6-2-15)30(33)34)13-22-24(31)29(25(32)37-22)9-10-35-19-7-3-17(28)4-8-19/h1-8,11-13H,9-10,14H2/b22-13-. The maximum absolute atomic E-state index is 13.0. The number of imide groups is 1. The van der Waals surface area contributed by atoms with Crippen molar-refractivity contribution in [1.29, 1.82) is 0 Å². The summed E-state index contributed by atoms with van der Waals surface area (Å²) < 4.78 is 25.6. The lowest BCUT2D eigenvalue weighted by Gasteiger charge is -2.13. The number of carbonyl (C=O) groups is 2. The van der Waals surface area contributed by atoms with Gasteiger partial charge in [0, 0.05) is 12.1 Å². The Kier molecular flexibility index (Phi) is 8.62. The molecular weight excluding hydrogens is 635 g/mol. The molecule has 0 aliphatic carbocycles. The first-order valence-corrected chi connectivity index (χ1v) is 13.1. The summed E-state index contributed by atoms with van der Waals surface area (Å²) in [6.07, 6.45) is 1.61. The molecule has 3 aromatic carbocycles. The zero-order valence-electron chi connectivity index (χ0n) is 18.9. The second-order valence-electron chi connectivity index (χ2n) is 7.66. The number of nitro groups is 1. The van der Waals surface area contributed by atoms with Crippen molar-refractivity contribution >= 4 is 66.5 Å².